The molecule has 0 saturated heterocycles. The van der Waals surface area contributed by atoms with E-state index in [1.807, 2.05) is 0 Å². The van der Waals surface area contributed by atoms with Crippen molar-refractivity contribution in [3.63, 3.8) is 0 Å². The Labute approximate surface area is 77.5 Å². The predicted molar refractivity (Wildman–Crippen MR) is 47.0 cm³/mol. The highest BCUT2D eigenvalue weighted by Crippen LogP contribution is 1.94. The second-order valence-corrected chi connectivity index (χ2v) is 2.47. The molecule has 0 aromatic rings. The van der Waals surface area contributed by atoms with Crippen molar-refractivity contribution in [3.8, 4) is 0 Å². The number of carbonyl (C=O) groups excluding carboxylic acids is 2. The molecule has 13 heavy (non-hydrogen) atoms. The zero-order chi connectivity index (χ0) is 10.3. The Morgan fingerprint density at radius 3 is 2.38 bits per heavy atom. The first-order valence-electron chi connectivity index (χ1n) is 4.06. The molecule has 0 aromatic heterocycles. The van der Waals surface area contributed by atoms with Gasteiger partial charge in [-0.3, -0.25) is 4.79 Å². The van der Waals surface area contributed by atoms with E-state index < -0.39 is 5.97 Å². The number of carbonyl (C=O) groups is 2. The maximum atomic E-state index is 10.8. The van der Waals surface area contributed by atoms with Crippen LogP contribution in [-0.2, 0) is 19.1 Å². The number of ether oxygens (including phenoxy) is 2. The highest BCUT2D eigenvalue weighted by Gasteiger charge is 2.05. The summed E-state index contributed by atoms with van der Waals surface area (Å²) in [6.45, 7) is 7.05. The zero-order valence-corrected chi connectivity index (χ0v) is 7.96. The summed E-state index contributed by atoms with van der Waals surface area (Å²) in [5.74, 6) is -0.846. The van der Waals surface area contributed by atoms with Gasteiger partial charge in [0.25, 0.3) is 0 Å². The largest absolute Gasteiger partial charge is 0.466 e. The van der Waals surface area contributed by atoms with Gasteiger partial charge >= 0.3 is 11.9 Å². The summed E-state index contributed by atoms with van der Waals surface area (Å²) in [5.41, 5.74) is 0.323. The monoisotopic (exact) mass is 186 g/mol. The Bertz CT molecular complexity index is 208. The molecule has 74 valence electrons. The first-order chi connectivity index (χ1) is 6.07. The lowest BCUT2D eigenvalue weighted by atomic mass is 10.4. The fraction of sp³-hybridized carbons (Fsp3) is 0.556. The molecule has 0 unspecified atom stereocenters. The lowest BCUT2D eigenvalue weighted by Crippen LogP contribution is -2.12. The van der Waals surface area contributed by atoms with Crippen LogP contribution in [0.2, 0.25) is 0 Å². The first-order valence-corrected chi connectivity index (χ1v) is 4.06. The van der Waals surface area contributed by atoms with Crippen LogP contribution in [0.1, 0.15) is 20.3 Å². The second-order valence-electron chi connectivity index (χ2n) is 2.47. The smallest absolute Gasteiger partial charge is 0.333 e. The summed E-state index contributed by atoms with van der Waals surface area (Å²) in [6.07, 6.45) is 0.0901. The molecule has 0 aliphatic heterocycles. The van der Waals surface area contributed by atoms with Gasteiger partial charge in [0.1, 0.15) is 6.61 Å². The van der Waals surface area contributed by atoms with Gasteiger partial charge in [-0.05, 0) is 13.8 Å². The Hall–Kier alpha value is -1.32. The van der Waals surface area contributed by atoms with Crippen molar-refractivity contribution in [1.29, 1.82) is 0 Å². The van der Waals surface area contributed by atoms with E-state index in [9.17, 15) is 9.59 Å². The van der Waals surface area contributed by atoms with E-state index in [0.717, 1.165) is 0 Å². The van der Waals surface area contributed by atoms with E-state index in [-0.39, 0.29) is 19.0 Å². The average Bonchev–Trinajstić information content (AvgIpc) is 2.04. The quantitative estimate of drug-likeness (QED) is 0.476. The van der Waals surface area contributed by atoms with E-state index in [1.54, 1.807) is 13.8 Å². The van der Waals surface area contributed by atoms with Crippen LogP contribution >= 0.6 is 0 Å². The fourth-order valence-electron chi connectivity index (χ4n) is 0.583. The van der Waals surface area contributed by atoms with Crippen molar-refractivity contribution < 1.29 is 19.1 Å². The van der Waals surface area contributed by atoms with Gasteiger partial charge in [-0.2, -0.15) is 0 Å². The third-order valence-corrected chi connectivity index (χ3v) is 1.19. The molecular weight excluding hydrogens is 172 g/mol. The molecule has 0 rings (SSSR count). The highest BCUT2D eigenvalue weighted by molar-refractivity contribution is 5.87. The molecule has 4 heteroatoms. The number of hydrogen-bond acceptors (Lipinski definition) is 4. The standard InChI is InChI=1S/C9H14O4/c1-4-12-8(10)5-6-13-9(11)7(2)3/h2,4-6H2,1,3H3. The van der Waals surface area contributed by atoms with E-state index in [0.29, 0.717) is 12.2 Å². The molecule has 0 aromatic carbocycles. The molecule has 0 radical (unpaired) electrons. The molecular formula is C9H14O4. The Morgan fingerprint density at radius 2 is 1.92 bits per heavy atom. The van der Waals surface area contributed by atoms with Gasteiger partial charge in [-0.15, -0.1) is 0 Å². The van der Waals surface area contributed by atoms with Crippen LogP contribution in [0.25, 0.3) is 0 Å². The van der Waals surface area contributed by atoms with Gasteiger partial charge in [0.2, 0.25) is 0 Å². The topological polar surface area (TPSA) is 52.6 Å². The SMILES string of the molecule is C=C(C)C(=O)OCCC(=O)OCC. The summed E-state index contributed by atoms with van der Waals surface area (Å²) < 4.78 is 9.31. The summed E-state index contributed by atoms with van der Waals surface area (Å²) >= 11 is 0. The van der Waals surface area contributed by atoms with Gasteiger partial charge in [-0.1, -0.05) is 6.58 Å². The second kappa shape index (κ2) is 6.22. The number of esters is 2. The minimum atomic E-state index is -0.482. The summed E-state index contributed by atoms with van der Waals surface area (Å²) in [7, 11) is 0. The van der Waals surface area contributed by atoms with Crippen LogP contribution in [0.5, 0.6) is 0 Å². The molecule has 0 bridgehead atoms. The average molecular weight is 186 g/mol. The van der Waals surface area contributed by atoms with Crippen LogP contribution in [0, 0.1) is 0 Å². The first kappa shape index (κ1) is 11.7. The lowest BCUT2D eigenvalue weighted by molar-refractivity contribution is -0.147. The highest BCUT2D eigenvalue weighted by atomic mass is 16.5. The Balaban J connectivity index is 3.50. The fourth-order valence-corrected chi connectivity index (χ4v) is 0.583. The Morgan fingerprint density at radius 1 is 1.31 bits per heavy atom. The van der Waals surface area contributed by atoms with E-state index in [2.05, 4.69) is 16.1 Å². The van der Waals surface area contributed by atoms with Gasteiger partial charge in [0.15, 0.2) is 0 Å². The third kappa shape index (κ3) is 5.90. The molecule has 4 nitrogen and oxygen atoms in total. The molecule has 0 spiro atoms. The van der Waals surface area contributed by atoms with Crippen LogP contribution in [0.15, 0.2) is 12.2 Å². The summed E-state index contributed by atoms with van der Waals surface area (Å²) in [5, 5.41) is 0. The van der Waals surface area contributed by atoms with Crippen LogP contribution in [-0.4, -0.2) is 25.2 Å². The van der Waals surface area contributed by atoms with E-state index >= 15 is 0 Å². The summed E-state index contributed by atoms with van der Waals surface area (Å²) in [4.78, 5) is 21.6. The van der Waals surface area contributed by atoms with Crippen LogP contribution in [0.3, 0.4) is 0 Å². The van der Waals surface area contributed by atoms with Crippen LogP contribution < -0.4 is 0 Å². The van der Waals surface area contributed by atoms with Gasteiger partial charge in [0, 0.05) is 5.57 Å². The summed E-state index contributed by atoms with van der Waals surface area (Å²) in [6, 6.07) is 0. The number of rotatable bonds is 5. The Kier molecular flexibility index (Phi) is 5.59. The van der Waals surface area contributed by atoms with Gasteiger partial charge in [-0.25, -0.2) is 4.79 Å². The van der Waals surface area contributed by atoms with Crippen molar-refractivity contribution >= 4 is 11.9 Å². The van der Waals surface area contributed by atoms with E-state index in [4.69, 9.17) is 0 Å². The molecule has 0 aliphatic rings. The molecule has 0 N–H and O–H groups in total. The molecule has 0 amide bonds. The van der Waals surface area contributed by atoms with Crippen molar-refractivity contribution in [2.24, 2.45) is 0 Å². The van der Waals surface area contributed by atoms with Crippen molar-refractivity contribution in [3.05, 3.63) is 12.2 Å². The normalized spacial score (nSPS) is 9.08. The maximum absolute atomic E-state index is 10.8. The molecule has 0 fully saturated rings. The molecule has 0 atom stereocenters. The minimum Gasteiger partial charge on any atom is -0.466 e. The predicted octanol–water partition coefficient (Wildman–Crippen LogP) is 1.06. The molecule has 0 heterocycles. The van der Waals surface area contributed by atoms with Crippen molar-refractivity contribution in [2.75, 3.05) is 13.2 Å². The molecule has 0 saturated carbocycles. The number of hydrogen-bond donors (Lipinski definition) is 0. The minimum absolute atomic E-state index is 0.0462. The van der Waals surface area contributed by atoms with Crippen molar-refractivity contribution in [2.45, 2.75) is 20.3 Å². The third-order valence-electron chi connectivity index (χ3n) is 1.19. The van der Waals surface area contributed by atoms with Gasteiger partial charge < -0.3 is 9.47 Å². The van der Waals surface area contributed by atoms with Gasteiger partial charge in [0.05, 0.1) is 13.0 Å². The van der Waals surface area contributed by atoms with E-state index in [1.165, 1.54) is 0 Å². The molecule has 0 aliphatic carbocycles. The zero-order valence-electron chi connectivity index (χ0n) is 7.96. The van der Waals surface area contributed by atoms with Crippen molar-refractivity contribution in [1.82, 2.24) is 0 Å². The maximum Gasteiger partial charge on any atom is 0.333 e. The lowest BCUT2D eigenvalue weighted by Gasteiger charge is -2.03. The van der Waals surface area contributed by atoms with Crippen LogP contribution in [0.4, 0.5) is 0 Å².